The van der Waals surface area contributed by atoms with E-state index in [1.807, 2.05) is 45.2 Å². The summed E-state index contributed by atoms with van der Waals surface area (Å²) in [4.78, 5) is 2.07. The van der Waals surface area contributed by atoms with Gasteiger partial charge in [-0.15, -0.1) is 0 Å². The summed E-state index contributed by atoms with van der Waals surface area (Å²) in [6, 6.07) is 10.2. The van der Waals surface area contributed by atoms with E-state index in [1.54, 1.807) is 0 Å². The number of nitriles is 1. The molecule has 0 saturated carbocycles. The Morgan fingerprint density at radius 1 is 1.35 bits per heavy atom. The van der Waals surface area contributed by atoms with Crippen molar-refractivity contribution in [1.82, 2.24) is 0 Å². The highest BCUT2D eigenvalue weighted by atomic mass is 16.3. The van der Waals surface area contributed by atoms with E-state index in [1.165, 1.54) is 0 Å². The van der Waals surface area contributed by atoms with E-state index in [9.17, 15) is 5.11 Å². The van der Waals surface area contributed by atoms with Crippen LogP contribution in [0.2, 0.25) is 0 Å². The van der Waals surface area contributed by atoms with E-state index in [-0.39, 0.29) is 12.1 Å². The quantitative estimate of drug-likeness (QED) is 0.849. The van der Waals surface area contributed by atoms with Gasteiger partial charge in [0.15, 0.2) is 0 Å². The largest absolute Gasteiger partial charge is 0.388 e. The molecule has 0 aliphatic rings. The molecule has 0 spiro atoms. The van der Waals surface area contributed by atoms with Gasteiger partial charge in [-0.05, 0) is 31.0 Å². The Kier molecular flexibility index (Phi) is 4.99. The molecule has 0 radical (unpaired) electrons. The number of anilines is 1. The highest BCUT2D eigenvalue weighted by Gasteiger charge is 2.10. The van der Waals surface area contributed by atoms with Crippen LogP contribution in [0.25, 0.3) is 0 Å². The second-order valence-electron chi connectivity index (χ2n) is 4.34. The van der Waals surface area contributed by atoms with Crippen LogP contribution in [-0.4, -0.2) is 18.2 Å². The van der Waals surface area contributed by atoms with Gasteiger partial charge in [-0.3, -0.25) is 0 Å². The van der Waals surface area contributed by atoms with Crippen LogP contribution in [-0.2, 0) is 0 Å². The third-order valence-corrected chi connectivity index (χ3v) is 3.12. The van der Waals surface area contributed by atoms with Gasteiger partial charge in [0.2, 0.25) is 0 Å². The molecule has 3 nitrogen and oxygen atoms in total. The van der Waals surface area contributed by atoms with Crippen molar-refractivity contribution in [3.8, 4) is 6.07 Å². The van der Waals surface area contributed by atoms with Crippen molar-refractivity contribution in [2.24, 2.45) is 0 Å². The predicted molar refractivity (Wildman–Crippen MR) is 69.8 cm³/mol. The van der Waals surface area contributed by atoms with Gasteiger partial charge in [0.1, 0.15) is 0 Å². The minimum Gasteiger partial charge on any atom is -0.388 e. The summed E-state index contributed by atoms with van der Waals surface area (Å²) in [5.74, 6) is 0. The Balaban J connectivity index is 2.77. The Labute approximate surface area is 103 Å². The Hall–Kier alpha value is -1.53. The van der Waals surface area contributed by atoms with Gasteiger partial charge in [-0.25, -0.2) is 0 Å². The summed E-state index contributed by atoms with van der Waals surface area (Å²) in [7, 11) is 1.98. The molecule has 1 unspecified atom stereocenters. The first-order valence-corrected chi connectivity index (χ1v) is 5.98. The third-order valence-electron chi connectivity index (χ3n) is 3.12. The molecule has 1 aromatic rings. The van der Waals surface area contributed by atoms with Crippen LogP contribution in [0.1, 0.15) is 38.4 Å². The molecule has 17 heavy (non-hydrogen) atoms. The summed E-state index contributed by atoms with van der Waals surface area (Å²) in [5.41, 5.74) is 2.01. The minimum atomic E-state index is -0.383. The lowest BCUT2D eigenvalue weighted by Gasteiger charge is -2.25. The zero-order chi connectivity index (χ0) is 12.8. The fourth-order valence-electron chi connectivity index (χ4n) is 1.69. The Bertz CT molecular complexity index is 380. The summed E-state index contributed by atoms with van der Waals surface area (Å²) in [6.45, 7) is 3.98. The first kappa shape index (κ1) is 13.5. The number of hydrogen-bond donors (Lipinski definition) is 1. The van der Waals surface area contributed by atoms with Crippen LogP contribution in [0.15, 0.2) is 24.3 Å². The summed E-state index contributed by atoms with van der Waals surface area (Å²) in [6.07, 6.45) is 0.849. The van der Waals surface area contributed by atoms with Crippen molar-refractivity contribution in [3.63, 3.8) is 0 Å². The van der Waals surface area contributed by atoms with E-state index >= 15 is 0 Å². The van der Waals surface area contributed by atoms with Crippen molar-refractivity contribution in [2.45, 2.75) is 38.8 Å². The maximum Gasteiger partial charge on any atom is 0.0787 e. The molecule has 0 saturated heterocycles. The van der Waals surface area contributed by atoms with Crippen molar-refractivity contribution in [2.75, 3.05) is 11.9 Å². The number of nitrogens with zero attached hydrogens (tertiary/aromatic N) is 2. The third kappa shape index (κ3) is 3.47. The lowest BCUT2D eigenvalue weighted by molar-refractivity contribution is 0.173. The van der Waals surface area contributed by atoms with E-state index in [4.69, 9.17) is 5.26 Å². The van der Waals surface area contributed by atoms with Crippen molar-refractivity contribution in [3.05, 3.63) is 29.8 Å². The van der Waals surface area contributed by atoms with Gasteiger partial charge < -0.3 is 10.0 Å². The maximum absolute atomic E-state index is 9.70. The fraction of sp³-hybridized carbons (Fsp3) is 0.500. The minimum absolute atomic E-state index is 0.196. The summed E-state index contributed by atoms with van der Waals surface area (Å²) < 4.78 is 0. The Morgan fingerprint density at radius 3 is 2.41 bits per heavy atom. The van der Waals surface area contributed by atoms with Crippen molar-refractivity contribution < 1.29 is 5.11 Å². The molecular weight excluding hydrogens is 212 g/mol. The molecule has 92 valence electrons. The van der Waals surface area contributed by atoms with Crippen LogP contribution in [0.5, 0.6) is 0 Å². The molecule has 0 aliphatic carbocycles. The van der Waals surface area contributed by atoms with Crippen LogP contribution in [0.3, 0.4) is 0 Å². The van der Waals surface area contributed by atoms with Gasteiger partial charge in [-0.2, -0.15) is 5.26 Å². The molecule has 2 atom stereocenters. The molecule has 1 aromatic carbocycles. The number of hydrogen-bond acceptors (Lipinski definition) is 3. The number of aliphatic hydroxyl groups excluding tert-OH is 1. The SMILES string of the molecule is CC[C@H](O)c1ccc(N(C)C(C)CC#N)cc1. The second-order valence-corrected chi connectivity index (χ2v) is 4.34. The molecule has 1 rings (SSSR count). The van der Waals surface area contributed by atoms with Crippen molar-refractivity contribution >= 4 is 5.69 Å². The highest BCUT2D eigenvalue weighted by Crippen LogP contribution is 2.21. The molecular formula is C14H20N2O. The molecule has 0 aliphatic heterocycles. The zero-order valence-electron chi connectivity index (χ0n) is 10.7. The van der Waals surface area contributed by atoms with Crippen LogP contribution < -0.4 is 4.90 Å². The first-order valence-electron chi connectivity index (χ1n) is 5.98. The summed E-state index contributed by atoms with van der Waals surface area (Å²) in [5, 5.41) is 18.4. The average molecular weight is 232 g/mol. The number of benzene rings is 1. The molecule has 0 amide bonds. The van der Waals surface area contributed by atoms with Crippen LogP contribution in [0.4, 0.5) is 5.69 Å². The van der Waals surface area contributed by atoms with E-state index in [2.05, 4.69) is 11.0 Å². The topological polar surface area (TPSA) is 47.3 Å². The van der Waals surface area contributed by atoms with Crippen LogP contribution in [0, 0.1) is 11.3 Å². The molecule has 0 aromatic heterocycles. The Morgan fingerprint density at radius 2 is 1.94 bits per heavy atom. The van der Waals surface area contributed by atoms with Gasteiger partial charge in [0.05, 0.1) is 18.6 Å². The standard InChI is InChI=1S/C14H20N2O/c1-4-14(17)12-5-7-13(8-6-12)16(3)11(2)9-10-15/h5-8,11,14,17H,4,9H2,1-3H3/t11?,14-/m0/s1. The van der Waals surface area contributed by atoms with E-state index in [0.29, 0.717) is 6.42 Å². The molecule has 0 bridgehead atoms. The lowest BCUT2D eigenvalue weighted by Crippen LogP contribution is -2.28. The monoisotopic (exact) mass is 232 g/mol. The molecule has 0 heterocycles. The predicted octanol–water partition coefficient (Wildman–Crippen LogP) is 2.87. The molecule has 3 heteroatoms. The molecule has 1 N–H and O–H groups in total. The van der Waals surface area contributed by atoms with E-state index in [0.717, 1.165) is 17.7 Å². The van der Waals surface area contributed by atoms with Gasteiger partial charge >= 0.3 is 0 Å². The maximum atomic E-state index is 9.70. The molecule has 0 fully saturated rings. The first-order chi connectivity index (χ1) is 8.10. The zero-order valence-corrected chi connectivity index (χ0v) is 10.7. The second kappa shape index (κ2) is 6.27. The normalized spacial score (nSPS) is 13.8. The fourth-order valence-corrected chi connectivity index (χ4v) is 1.69. The highest BCUT2D eigenvalue weighted by molar-refractivity contribution is 5.48. The summed E-state index contributed by atoms with van der Waals surface area (Å²) >= 11 is 0. The van der Waals surface area contributed by atoms with Crippen molar-refractivity contribution in [1.29, 1.82) is 5.26 Å². The van der Waals surface area contributed by atoms with Gasteiger partial charge in [-0.1, -0.05) is 19.1 Å². The van der Waals surface area contributed by atoms with Crippen LogP contribution >= 0.6 is 0 Å². The number of aliphatic hydroxyl groups is 1. The number of rotatable bonds is 5. The van der Waals surface area contributed by atoms with Gasteiger partial charge in [0, 0.05) is 18.8 Å². The smallest absolute Gasteiger partial charge is 0.0787 e. The average Bonchev–Trinajstić information content (AvgIpc) is 2.37. The van der Waals surface area contributed by atoms with E-state index < -0.39 is 0 Å². The van der Waals surface area contributed by atoms with Gasteiger partial charge in [0.25, 0.3) is 0 Å². The lowest BCUT2D eigenvalue weighted by atomic mass is 10.1.